The molecule has 0 saturated carbocycles. The van der Waals surface area contributed by atoms with Crippen molar-refractivity contribution in [1.82, 2.24) is 18.9 Å². The van der Waals surface area contributed by atoms with E-state index in [1.807, 2.05) is 42.7 Å². The van der Waals surface area contributed by atoms with Gasteiger partial charge >= 0.3 is 0 Å². The van der Waals surface area contributed by atoms with Gasteiger partial charge in [0.25, 0.3) is 0 Å². The number of fused-ring (bicyclic) bond motifs is 1. The minimum absolute atomic E-state index is 0.515. The molecule has 3 rings (SSSR count). The van der Waals surface area contributed by atoms with Crippen molar-refractivity contribution in [1.29, 1.82) is 0 Å². The van der Waals surface area contributed by atoms with E-state index in [9.17, 15) is 4.39 Å². The Hall–Kier alpha value is -1.92. The van der Waals surface area contributed by atoms with Crippen LogP contribution in [0.1, 0.15) is 0 Å². The van der Waals surface area contributed by atoms with Crippen LogP contribution in [0.4, 0.5) is 4.39 Å². The van der Waals surface area contributed by atoms with E-state index in [4.69, 9.17) is 0 Å². The molecule has 0 aliphatic rings. The van der Waals surface area contributed by atoms with Crippen LogP contribution in [0, 0.1) is 5.95 Å². The molecule has 0 aliphatic heterocycles. The third kappa shape index (κ3) is 2.66. The molecule has 0 bridgehead atoms. The summed E-state index contributed by atoms with van der Waals surface area (Å²) in [4.78, 5) is 5.59. The van der Waals surface area contributed by atoms with Crippen LogP contribution in [0.2, 0.25) is 0 Å². The SMILES string of the molecule is CN(C)Sc1ccc(-c2cn3nc(F)ccc3n2)cc1. The van der Waals surface area contributed by atoms with Crippen LogP contribution >= 0.6 is 11.9 Å². The molecule has 0 radical (unpaired) electrons. The standard InChI is InChI=1S/C14H13FN4S/c1-18(2)20-11-5-3-10(4-6-11)12-9-19-14(16-12)8-7-13(15)17-19/h3-9H,1-2H3. The van der Waals surface area contributed by atoms with Crippen molar-refractivity contribution in [2.75, 3.05) is 14.1 Å². The number of nitrogens with zero attached hydrogens (tertiary/aromatic N) is 4. The van der Waals surface area contributed by atoms with Crippen LogP contribution in [0.15, 0.2) is 47.5 Å². The number of halogens is 1. The van der Waals surface area contributed by atoms with Crippen molar-refractivity contribution in [3.8, 4) is 11.3 Å². The molecule has 0 unspecified atom stereocenters. The van der Waals surface area contributed by atoms with Crippen LogP contribution in [-0.2, 0) is 0 Å². The summed E-state index contributed by atoms with van der Waals surface area (Å²) in [7, 11) is 4.00. The summed E-state index contributed by atoms with van der Waals surface area (Å²) >= 11 is 1.66. The number of rotatable bonds is 3. The van der Waals surface area contributed by atoms with Crippen molar-refractivity contribution in [2.45, 2.75) is 4.90 Å². The first kappa shape index (κ1) is 13.1. The van der Waals surface area contributed by atoms with Crippen LogP contribution in [0.5, 0.6) is 0 Å². The monoisotopic (exact) mass is 288 g/mol. The highest BCUT2D eigenvalue weighted by molar-refractivity contribution is 7.97. The van der Waals surface area contributed by atoms with Gasteiger partial charge in [0.2, 0.25) is 5.95 Å². The maximum Gasteiger partial charge on any atom is 0.231 e. The second kappa shape index (κ2) is 5.22. The summed E-state index contributed by atoms with van der Waals surface area (Å²) in [6.07, 6.45) is 1.73. The lowest BCUT2D eigenvalue weighted by atomic mass is 10.2. The zero-order valence-corrected chi connectivity index (χ0v) is 11.9. The van der Waals surface area contributed by atoms with Gasteiger partial charge in [-0.25, -0.2) is 9.50 Å². The average Bonchev–Trinajstić information content (AvgIpc) is 2.81. The first-order chi connectivity index (χ1) is 9.61. The van der Waals surface area contributed by atoms with E-state index in [0.717, 1.165) is 16.2 Å². The fourth-order valence-corrected chi connectivity index (χ4v) is 2.57. The second-order valence-corrected chi connectivity index (χ2v) is 5.90. The van der Waals surface area contributed by atoms with Crippen molar-refractivity contribution < 1.29 is 4.39 Å². The first-order valence-electron chi connectivity index (χ1n) is 6.09. The molecule has 4 nitrogen and oxygen atoms in total. The lowest BCUT2D eigenvalue weighted by Gasteiger charge is -2.08. The highest BCUT2D eigenvalue weighted by Gasteiger charge is 2.06. The Kier molecular flexibility index (Phi) is 3.42. The van der Waals surface area contributed by atoms with Gasteiger partial charge in [0.05, 0.1) is 11.9 Å². The van der Waals surface area contributed by atoms with E-state index in [1.165, 1.54) is 10.6 Å². The molecular weight excluding hydrogens is 275 g/mol. The highest BCUT2D eigenvalue weighted by atomic mass is 32.2. The minimum Gasteiger partial charge on any atom is -0.253 e. The average molecular weight is 288 g/mol. The molecule has 3 aromatic rings. The van der Waals surface area contributed by atoms with Gasteiger partial charge in [0.15, 0.2) is 5.65 Å². The molecule has 0 N–H and O–H groups in total. The van der Waals surface area contributed by atoms with Gasteiger partial charge in [-0.1, -0.05) is 12.1 Å². The topological polar surface area (TPSA) is 33.4 Å². The summed E-state index contributed by atoms with van der Waals surface area (Å²) in [5.74, 6) is -0.515. The van der Waals surface area contributed by atoms with E-state index in [2.05, 4.69) is 10.1 Å². The van der Waals surface area contributed by atoms with Crippen molar-refractivity contribution in [2.24, 2.45) is 0 Å². The molecule has 2 aromatic heterocycles. The molecular formula is C14H13FN4S. The summed E-state index contributed by atoms with van der Waals surface area (Å²) in [6.45, 7) is 0. The van der Waals surface area contributed by atoms with Gasteiger partial charge in [-0.3, -0.25) is 4.31 Å². The molecule has 0 saturated heterocycles. The smallest absolute Gasteiger partial charge is 0.231 e. The van der Waals surface area contributed by atoms with E-state index in [-0.39, 0.29) is 0 Å². The summed E-state index contributed by atoms with van der Waals surface area (Å²) in [6, 6.07) is 11.0. The first-order valence-corrected chi connectivity index (χ1v) is 6.87. The van der Waals surface area contributed by atoms with Gasteiger partial charge in [-0.15, -0.1) is 5.10 Å². The number of benzene rings is 1. The molecule has 102 valence electrons. The fraction of sp³-hybridized carbons (Fsp3) is 0.143. The van der Waals surface area contributed by atoms with Crippen molar-refractivity contribution in [3.05, 3.63) is 48.5 Å². The van der Waals surface area contributed by atoms with Crippen LogP contribution < -0.4 is 0 Å². The van der Waals surface area contributed by atoms with E-state index in [1.54, 1.807) is 24.2 Å². The molecule has 6 heteroatoms. The maximum atomic E-state index is 13.1. The molecule has 0 atom stereocenters. The lowest BCUT2D eigenvalue weighted by molar-refractivity contribution is 0.555. The number of hydrogen-bond donors (Lipinski definition) is 0. The molecule has 2 heterocycles. The zero-order chi connectivity index (χ0) is 14.1. The van der Waals surface area contributed by atoms with Crippen LogP contribution in [-0.4, -0.2) is 33.0 Å². The normalized spacial score (nSPS) is 11.4. The van der Waals surface area contributed by atoms with Crippen LogP contribution in [0.3, 0.4) is 0 Å². The Bertz CT molecular complexity index is 737. The minimum atomic E-state index is -0.515. The molecule has 0 fully saturated rings. The number of imidazole rings is 1. The van der Waals surface area contributed by atoms with Gasteiger partial charge in [-0.05, 0) is 50.3 Å². The number of aromatic nitrogens is 3. The van der Waals surface area contributed by atoms with Gasteiger partial charge < -0.3 is 0 Å². The molecule has 0 spiro atoms. The van der Waals surface area contributed by atoms with E-state index >= 15 is 0 Å². The predicted molar refractivity (Wildman–Crippen MR) is 77.9 cm³/mol. The third-order valence-corrected chi connectivity index (χ3v) is 3.57. The molecule has 20 heavy (non-hydrogen) atoms. The Morgan fingerprint density at radius 2 is 1.85 bits per heavy atom. The summed E-state index contributed by atoms with van der Waals surface area (Å²) in [5, 5.41) is 3.76. The lowest BCUT2D eigenvalue weighted by Crippen LogP contribution is -1.98. The summed E-state index contributed by atoms with van der Waals surface area (Å²) in [5.41, 5.74) is 2.40. The van der Waals surface area contributed by atoms with Gasteiger partial charge in [0.1, 0.15) is 0 Å². The van der Waals surface area contributed by atoms with Crippen molar-refractivity contribution >= 4 is 17.6 Å². The Balaban J connectivity index is 1.94. The maximum absolute atomic E-state index is 13.1. The third-order valence-electron chi connectivity index (χ3n) is 2.73. The Labute approximate surface area is 120 Å². The second-order valence-electron chi connectivity index (χ2n) is 4.51. The van der Waals surface area contributed by atoms with Crippen LogP contribution in [0.25, 0.3) is 16.9 Å². The zero-order valence-electron chi connectivity index (χ0n) is 11.1. The summed E-state index contributed by atoms with van der Waals surface area (Å²) < 4.78 is 16.5. The Morgan fingerprint density at radius 3 is 2.55 bits per heavy atom. The van der Waals surface area contributed by atoms with Gasteiger partial charge in [-0.2, -0.15) is 4.39 Å². The number of hydrogen-bond acceptors (Lipinski definition) is 4. The molecule has 1 aromatic carbocycles. The van der Waals surface area contributed by atoms with E-state index in [0.29, 0.717) is 5.65 Å². The quantitative estimate of drug-likeness (QED) is 0.693. The van der Waals surface area contributed by atoms with Gasteiger partial charge in [0, 0.05) is 10.5 Å². The fourth-order valence-electron chi connectivity index (χ4n) is 1.90. The molecule has 0 amide bonds. The van der Waals surface area contributed by atoms with Crippen molar-refractivity contribution in [3.63, 3.8) is 0 Å². The largest absolute Gasteiger partial charge is 0.253 e. The Morgan fingerprint density at radius 1 is 1.10 bits per heavy atom. The highest BCUT2D eigenvalue weighted by Crippen LogP contribution is 2.24. The van der Waals surface area contributed by atoms with E-state index < -0.39 is 5.95 Å². The predicted octanol–water partition coefficient (Wildman–Crippen LogP) is 3.10. The molecule has 0 aliphatic carbocycles.